The third-order valence-corrected chi connectivity index (χ3v) is 8.31. The molecule has 278 valence electrons. The van der Waals surface area contributed by atoms with Gasteiger partial charge in [0.15, 0.2) is 12.5 Å². The van der Waals surface area contributed by atoms with Gasteiger partial charge in [-0.2, -0.15) is 13.2 Å². The highest BCUT2D eigenvalue weighted by Crippen LogP contribution is 2.32. The Morgan fingerprint density at radius 3 is 2.08 bits per heavy atom. The van der Waals surface area contributed by atoms with Crippen LogP contribution in [0.3, 0.4) is 0 Å². The summed E-state index contributed by atoms with van der Waals surface area (Å²) in [5.41, 5.74) is 4.41. The summed E-state index contributed by atoms with van der Waals surface area (Å²) in [6.45, 7) is 3.38. The molecular formula is C31H53F3N4O10. The van der Waals surface area contributed by atoms with Crippen molar-refractivity contribution in [1.82, 2.24) is 14.9 Å². The first-order chi connectivity index (χ1) is 22.8. The van der Waals surface area contributed by atoms with E-state index in [1.807, 2.05) is 0 Å². The van der Waals surface area contributed by atoms with Gasteiger partial charge in [0.2, 0.25) is 0 Å². The van der Waals surface area contributed by atoms with Crippen LogP contribution in [-0.4, -0.2) is 105 Å². The highest BCUT2D eigenvalue weighted by molar-refractivity contribution is 5.73. The minimum absolute atomic E-state index is 0.0236. The lowest BCUT2D eigenvalue weighted by Crippen LogP contribution is -2.44. The van der Waals surface area contributed by atoms with Crippen molar-refractivity contribution in [1.29, 1.82) is 0 Å². The molecule has 17 heteroatoms. The summed E-state index contributed by atoms with van der Waals surface area (Å²) in [6, 6.07) is 1.19. The second-order valence-electron chi connectivity index (χ2n) is 12.2. The number of H-pyrrole nitrogens is 1. The molecule has 8 atom stereocenters. The number of ether oxygens (including phenoxy) is 3. The number of nitrogens with one attached hydrogen (secondary N) is 2. The molecule has 2 aliphatic rings. The number of aromatic nitrogens is 2. The molecule has 0 unspecified atom stereocenters. The second-order valence-corrected chi connectivity index (χ2v) is 12.2. The van der Waals surface area contributed by atoms with Gasteiger partial charge in [0.25, 0.3) is 5.56 Å². The fourth-order valence-electron chi connectivity index (χ4n) is 5.59. The van der Waals surface area contributed by atoms with Gasteiger partial charge in [-0.3, -0.25) is 14.3 Å². The van der Waals surface area contributed by atoms with Gasteiger partial charge in [-0.25, -0.2) is 9.59 Å². The predicted octanol–water partition coefficient (Wildman–Crippen LogP) is 1.90. The quantitative estimate of drug-likeness (QED) is 0.0972. The number of aliphatic carboxylic acids is 1. The third-order valence-electron chi connectivity index (χ3n) is 8.31. The first-order valence-electron chi connectivity index (χ1n) is 16.8. The number of hydrogen-bond acceptors (Lipinski definition) is 11. The molecule has 0 spiro atoms. The average molecular weight is 699 g/mol. The molecule has 0 aromatic carbocycles. The lowest BCUT2D eigenvalue weighted by Gasteiger charge is -2.28. The van der Waals surface area contributed by atoms with Gasteiger partial charge in [0.05, 0.1) is 12.2 Å². The number of aliphatic hydroxyl groups excluding tert-OH is 3. The number of nitrogens with zero attached hydrogens (tertiary/aromatic N) is 1. The van der Waals surface area contributed by atoms with Crippen LogP contribution in [0.15, 0.2) is 21.9 Å². The lowest BCUT2D eigenvalue weighted by molar-refractivity contribution is -0.213. The number of aromatic amines is 1. The Bertz CT molecular complexity index is 1170. The molecule has 2 fully saturated rings. The Hall–Kier alpha value is -2.38. The number of hydrogen-bond donors (Lipinski definition) is 7. The number of carbonyl (C=O) groups is 1. The van der Waals surface area contributed by atoms with Gasteiger partial charge in [-0.1, -0.05) is 77.6 Å². The first-order valence-corrected chi connectivity index (χ1v) is 16.8. The Labute approximate surface area is 277 Å². The summed E-state index contributed by atoms with van der Waals surface area (Å²) < 4.78 is 50.6. The van der Waals surface area contributed by atoms with E-state index in [1.165, 1.54) is 76.5 Å². The zero-order chi connectivity index (χ0) is 35.7. The number of alkyl halides is 3. The summed E-state index contributed by atoms with van der Waals surface area (Å²) in [6.07, 6.45) is 3.92. The molecule has 0 amide bonds. The zero-order valence-corrected chi connectivity index (χ0v) is 27.5. The van der Waals surface area contributed by atoms with E-state index in [4.69, 9.17) is 29.8 Å². The molecule has 2 saturated heterocycles. The van der Waals surface area contributed by atoms with Crippen LogP contribution in [-0.2, 0) is 19.0 Å². The van der Waals surface area contributed by atoms with Gasteiger partial charge in [0, 0.05) is 31.8 Å². The number of nitrogens with two attached hydrogens (primary N) is 1. The van der Waals surface area contributed by atoms with E-state index in [0.29, 0.717) is 6.54 Å². The van der Waals surface area contributed by atoms with E-state index in [1.54, 1.807) is 0 Å². The Kier molecular flexibility index (Phi) is 18.8. The fraction of sp³-hybridized carbons (Fsp3) is 0.839. The van der Waals surface area contributed by atoms with Crippen LogP contribution in [0, 0.1) is 0 Å². The van der Waals surface area contributed by atoms with Gasteiger partial charge < -0.3 is 45.7 Å². The van der Waals surface area contributed by atoms with Crippen LogP contribution in [0.25, 0.3) is 0 Å². The minimum atomic E-state index is -5.08. The van der Waals surface area contributed by atoms with E-state index in [-0.39, 0.29) is 13.0 Å². The van der Waals surface area contributed by atoms with E-state index in [2.05, 4.69) is 17.2 Å². The van der Waals surface area contributed by atoms with Crippen molar-refractivity contribution >= 4 is 5.97 Å². The van der Waals surface area contributed by atoms with Gasteiger partial charge >= 0.3 is 17.8 Å². The number of rotatable bonds is 20. The summed E-state index contributed by atoms with van der Waals surface area (Å²) in [4.78, 5) is 34.8. The maximum absolute atomic E-state index is 12.3. The lowest BCUT2D eigenvalue weighted by atomic mass is 10.1. The number of carboxylic acids is 1. The highest BCUT2D eigenvalue weighted by Gasteiger charge is 2.47. The van der Waals surface area contributed by atoms with Crippen molar-refractivity contribution in [2.45, 2.75) is 146 Å². The Morgan fingerprint density at radius 2 is 1.58 bits per heavy atom. The topological polar surface area (TPSA) is 219 Å². The van der Waals surface area contributed by atoms with Crippen LogP contribution >= 0.6 is 0 Å². The molecule has 0 aliphatic carbocycles. The largest absolute Gasteiger partial charge is 0.490 e. The van der Waals surface area contributed by atoms with Crippen molar-refractivity contribution in [3.05, 3.63) is 33.1 Å². The van der Waals surface area contributed by atoms with Gasteiger partial charge in [-0.05, 0) is 13.0 Å². The molecule has 1 aromatic rings. The monoisotopic (exact) mass is 698 g/mol. The van der Waals surface area contributed by atoms with Gasteiger partial charge in [-0.15, -0.1) is 0 Å². The third kappa shape index (κ3) is 14.2. The number of unbranched alkanes of at least 4 members (excludes halogenated alkanes) is 11. The maximum atomic E-state index is 12.3. The second kappa shape index (κ2) is 21.7. The average Bonchev–Trinajstić information content (AvgIpc) is 3.54. The number of halogens is 3. The summed E-state index contributed by atoms with van der Waals surface area (Å²) in [5, 5.41) is 41.9. The van der Waals surface area contributed by atoms with E-state index >= 15 is 0 Å². The highest BCUT2D eigenvalue weighted by atomic mass is 19.4. The Morgan fingerprint density at radius 1 is 1.02 bits per heavy atom. The van der Waals surface area contributed by atoms with Crippen LogP contribution in [0.4, 0.5) is 13.2 Å². The van der Waals surface area contributed by atoms with E-state index in [9.17, 15) is 38.1 Å². The standard InChI is InChI=1S/C29H52N4O8.C2HF3O2/c1-2-3-4-5-6-7-8-9-10-11-12-13-15-31-19-23(41-28-26(37)25(36)22(18-30)40-28)21-17-20(34)27(39-21)33-16-14-24(35)32-29(33)38;3-2(4,5)1(6)7/h14,16,20-23,25-28,31,34,36-37H,2-13,15,17-19,30H2,1H3,(H,32,35,38);(H,6,7)/t20-,21+,22-,23+,25-,26-,27-,28+;/m1./s1. The zero-order valence-electron chi connectivity index (χ0n) is 27.5. The molecule has 0 saturated carbocycles. The molecule has 8 N–H and O–H groups in total. The number of aliphatic hydroxyl groups is 3. The van der Waals surface area contributed by atoms with Crippen LogP contribution in [0.5, 0.6) is 0 Å². The molecule has 3 heterocycles. The molecule has 48 heavy (non-hydrogen) atoms. The van der Waals surface area contributed by atoms with Crippen molar-refractivity contribution in [3.63, 3.8) is 0 Å². The molecule has 0 radical (unpaired) electrons. The maximum Gasteiger partial charge on any atom is 0.490 e. The van der Waals surface area contributed by atoms with Crippen LogP contribution in [0.2, 0.25) is 0 Å². The van der Waals surface area contributed by atoms with E-state index < -0.39 is 72.5 Å². The molecule has 1 aromatic heterocycles. The SMILES string of the molecule is CCCCCCCCCCCCCCNC[C@H](O[C@@H]1O[C@H](CN)[C@@H](O)[C@H]1O)[C@@H]1C[C@@H](O)[C@H](n2ccc(=O)[nH]c2=O)O1.O=C(O)C(F)(F)F. The fourth-order valence-corrected chi connectivity index (χ4v) is 5.59. The summed E-state index contributed by atoms with van der Waals surface area (Å²) >= 11 is 0. The molecular weight excluding hydrogens is 645 g/mol. The first kappa shape index (κ1) is 41.8. The number of carboxylic acid groups (broad SMARTS) is 1. The summed E-state index contributed by atoms with van der Waals surface area (Å²) in [7, 11) is 0. The van der Waals surface area contributed by atoms with E-state index in [0.717, 1.165) is 24.0 Å². The predicted molar refractivity (Wildman–Crippen MR) is 168 cm³/mol. The van der Waals surface area contributed by atoms with Crippen molar-refractivity contribution in [3.8, 4) is 0 Å². The molecule has 14 nitrogen and oxygen atoms in total. The van der Waals surface area contributed by atoms with Crippen molar-refractivity contribution in [2.24, 2.45) is 5.73 Å². The minimum Gasteiger partial charge on any atom is -0.475 e. The van der Waals surface area contributed by atoms with Crippen LogP contribution < -0.4 is 22.3 Å². The molecule has 2 aliphatic heterocycles. The van der Waals surface area contributed by atoms with Gasteiger partial charge in [0.1, 0.15) is 24.4 Å². The smallest absolute Gasteiger partial charge is 0.475 e. The van der Waals surface area contributed by atoms with Crippen molar-refractivity contribution < 1.29 is 52.6 Å². The van der Waals surface area contributed by atoms with Crippen LogP contribution in [0.1, 0.15) is 96.6 Å². The molecule has 3 rings (SSSR count). The van der Waals surface area contributed by atoms with Crippen molar-refractivity contribution in [2.75, 3.05) is 19.6 Å². The summed E-state index contributed by atoms with van der Waals surface area (Å²) in [5.74, 6) is -2.76. The molecule has 0 bridgehead atoms. The normalized spacial score (nSPS) is 26.3. The Balaban J connectivity index is 0.00000103.